The van der Waals surface area contributed by atoms with E-state index in [1.54, 1.807) is 0 Å². The predicted molar refractivity (Wildman–Crippen MR) is 47.8 cm³/mol. The summed E-state index contributed by atoms with van der Waals surface area (Å²) in [6, 6.07) is 4.47. The van der Waals surface area contributed by atoms with Crippen LogP contribution in [0.2, 0.25) is 0 Å². The number of carbonyl (C=O) groups excluding carboxylic acids is 1. The van der Waals surface area contributed by atoms with Crippen molar-refractivity contribution in [2.24, 2.45) is 5.16 Å². The Kier molecular flexibility index (Phi) is 3.06. The summed E-state index contributed by atoms with van der Waals surface area (Å²) in [7, 11) is 0. The molecule has 1 N–H and O–H groups in total. The minimum absolute atomic E-state index is 0.250. The zero-order valence-corrected chi connectivity index (χ0v) is 7.25. The van der Waals surface area contributed by atoms with E-state index in [9.17, 15) is 19.3 Å². The Hall–Kier alpha value is -2.31. The molecule has 0 aliphatic carbocycles. The van der Waals surface area contributed by atoms with Crippen molar-refractivity contribution in [3.8, 4) is 0 Å². The molecule has 6 nitrogen and oxygen atoms in total. The second-order valence-electron chi connectivity index (χ2n) is 2.53. The predicted octanol–water partition coefficient (Wildman–Crippen LogP) is 1.53. The van der Waals surface area contributed by atoms with E-state index in [1.807, 2.05) is 0 Å². The molecule has 15 heavy (non-hydrogen) atoms. The minimum atomic E-state index is -1.62. The molecule has 0 aliphatic rings. The Labute approximate surface area is 82.8 Å². The molecule has 1 aromatic rings. The van der Waals surface area contributed by atoms with Crippen LogP contribution < -0.4 is 0 Å². The maximum absolute atomic E-state index is 12.5. The van der Waals surface area contributed by atoms with Gasteiger partial charge in [-0.15, -0.1) is 0 Å². The highest BCUT2D eigenvalue weighted by Crippen LogP contribution is 2.14. The molecule has 0 spiro atoms. The highest BCUT2D eigenvalue weighted by Gasteiger charge is 2.16. The number of carbonyl (C=O) groups is 1. The molecule has 0 heterocycles. The molecule has 78 valence electrons. The summed E-state index contributed by atoms with van der Waals surface area (Å²) >= 11 is 0. The fraction of sp³-hybridized carbons (Fsp3) is 0. The van der Waals surface area contributed by atoms with Gasteiger partial charge in [-0.1, -0.05) is 17.3 Å². The summed E-state index contributed by atoms with van der Waals surface area (Å²) in [6.07, 6.45) is 0. The average Bonchev–Trinajstić information content (AvgIpc) is 2.27. The van der Waals surface area contributed by atoms with Gasteiger partial charge in [0.15, 0.2) is 0 Å². The monoisotopic (exact) mass is 212 g/mol. The van der Waals surface area contributed by atoms with Crippen LogP contribution in [0.25, 0.3) is 0 Å². The summed E-state index contributed by atoms with van der Waals surface area (Å²) < 4.78 is 12.5. The summed E-state index contributed by atoms with van der Waals surface area (Å²) in [5, 5.41) is 20.4. The molecule has 0 fully saturated rings. The normalized spacial score (nSPS) is 11.1. The Bertz CT molecular complexity index is 444. The highest BCUT2D eigenvalue weighted by molar-refractivity contribution is 6.42. The summed E-state index contributed by atoms with van der Waals surface area (Å²) in [4.78, 5) is 20.7. The van der Waals surface area contributed by atoms with Crippen LogP contribution in [0.15, 0.2) is 29.4 Å². The van der Waals surface area contributed by atoms with Crippen molar-refractivity contribution in [3.05, 3.63) is 39.9 Å². The molecule has 0 saturated carbocycles. The van der Waals surface area contributed by atoms with E-state index in [2.05, 4.69) is 5.16 Å². The number of hydrogen-bond acceptors (Lipinski definition) is 5. The number of ketones is 1. The second kappa shape index (κ2) is 4.27. The number of halogens is 1. The molecule has 0 aliphatic heterocycles. The van der Waals surface area contributed by atoms with Gasteiger partial charge in [0.05, 0.1) is 4.92 Å². The lowest BCUT2D eigenvalue weighted by Crippen LogP contribution is -2.09. The van der Waals surface area contributed by atoms with E-state index < -0.39 is 16.7 Å². The first-order chi connectivity index (χ1) is 7.06. The lowest BCUT2D eigenvalue weighted by molar-refractivity contribution is -0.384. The zero-order chi connectivity index (χ0) is 11.4. The van der Waals surface area contributed by atoms with Crippen LogP contribution in [0.4, 0.5) is 10.1 Å². The SMILES string of the molecule is O=C(C(F)=NO)c1cccc([N+](=O)[O-])c1. The number of rotatable bonds is 3. The third kappa shape index (κ3) is 2.33. The van der Waals surface area contributed by atoms with Crippen molar-refractivity contribution in [3.63, 3.8) is 0 Å². The maximum atomic E-state index is 12.5. The van der Waals surface area contributed by atoms with Crippen molar-refractivity contribution >= 4 is 17.4 Å². The van der Waals surface area contributed by atoms with Crippen LogP contribution in [0.3, 0.4) is 0 Å². The van der Waals surface area contributed by atoms with Gasteiger partial charge in [0.25, 0.3) is 11.7 Å². The van der Waals surface area contributed by atoms with Crippen molar-refractivity contribution < 1.29 is 19.3 Å². The van der Waals surface area contributed by atoms with Gasteiger partial charge in [-0.2, -0.15) is 4.39 Å². The Morgan fingerprint density at radius 2 is 2.20 bits per heavy atom. The third-order valence-corrected chi connectivity index (χ3v) is 1.59. The van der Waals surface area contributed by atoms with Crippen molar-refractivity contribution in [1.29, 1.82) is 0 Å². The number of hydrogen-bond donors (Lipinski definition) is 1. The number of non-ortho nitro benzene ring substituents is 1. The molecule has 1 rings (SSSR count). The maximum Gasteiger partial charge on any atom is 0.297 e. The number of nitro groups is 1. The van der Waals surface area contributed by atoms with Gasteiger partial charge in [-0.05, 0) is 0 Å². The first-order valence-electron chi connectivity index (χ1n) is 3.73. The van der Waals surface area contributed by atoms with Crippen molar-refractivity contribution in [1.82, 2.24) is 0 Å². The number of Topliss-reactive ketones (excluding diaryl/α,β-unsaturated/α-hetero) is 1. The second-order valence-corrected chi connectivity index (χ2v) is 2.53. The van der Waals surface area contributed by atoms with E-state index >= 15 is 0 Å². The molecular formula is C8H5FN2O4. The number of nitrogens with zero attached hydrogens (tertiary/aromatic N) is 2. The highest BCUT2D eigenvalue weighted by atomic mass is 19.1. The van der Waals surface area contributed by atoms with E-state index in [0.717, 1.165) is 12.1 Å². The van der Waals surface area contributed by atoms with Crippen LogP contribution in [0.5, 0.6) is 0 Å². The lowest BCUT2D eigenvalue weighted by Gasteiger charge is -1.96. The Balaban J connectivity index is 3.11. The molecular weight excluding hydrogens is 207 g/mol. The number of benzene rings is 1. The topological polar surface area (TPSA) is 92.8 Å². The third-order valence-electron chi connectivity index (χ3n) is 1.59. The van der Waals surface area contributed by atoms with Gasteiger partial charge in [-0.3, -0.25) is 14.9 Å². The van der Waals surface area contributed by atoms with Gasteiger partial charge >= 0.3 is 0 Å². The van der Waals surface area contributed by atoms with E-state index in [-0.39, 0.29) is 11.3 Å². The summed E-state index contributed by atoms with van der Waals surface area (Å²) in [5.74, 6) is -2.82. The summed E-state index contributed by atoms with van der Waals surface area (Å²) in [6.45, 7) is 0. The van der Waals surface area contributed by atoms with Gasteiger partial charge in [0.1, 0.15) is 0 Å². The van der Waals surface area contributed by atoms with Crippen molar-refractivity contribution in [2.75, 3.05) is 0 Å². The fourth-order valence-corrected chi connectivity index (χ4v) is 0.925. The van der Waals surface area contributed by atoms with E-state index in [1.165, 1.54) is 12.1 Å². The van der Waals surface area contributed by atoms with Crippen LogP contribution in [-0.4, -0.2) is 21.9 Å². The van der Waals surface area contributed by atoms with E-state index in [0.29, 0.717) is 0 Å². The molecule has 0 radical (unpaired) electrons. The van der Waals surface area contributed by atoms with Crippen LogP contribution in [-0.2, 0) is 0 Å². The molecule has 0 saturated heterocycles. The minimum Gasteiger partial charge on any atom is -0.408 e. The average molecular weight is 212 g/mol. The van der Waals surface area contributed by atoms with Gasteiger partial charge in [0.2, 0.25) is 5.78 Å². The molecule has 0 aromatic heterocycles. The largest absolute Gasteiger partial charge is 0.408 e. The standard InChI is InChI=1S/C8H5FN2O4/c9-8(10-13)7(12)5-2-1-3-6(4-5)11(14)15/h1-4,13H. The number of nitro benzene ring substituents is 1. The Morgan fingerprint density at radius 3 is 2.73 bits per heavy atom. The van der Waals surface area contributed by atoms with E-state index in [4.69, 9.17) is 5.21 Å². The quantitative estimate of drug-likeness (QED) is 0.270. The fourth-order valence-electron chi connectivity index (χ4n) is 0.925. The smallest absolute Gasteiger partial charge is 0.297 e. The van der Waals surface area contributed by atoms with Gasteiger partial charge in [-0.25, -0.2) is 0 Å². The van der Waals surface area contributed by atoms with Crippen LogP contribution >= 0.6 is 0 Å². The molecule has 0 atom stereocenters. The zero-order valence-electron chi connectivity index (χ0n) is 7.25. The van der Waals surface area contributed by atoms with Crippen molar-refractivity contribution in [2.45, 2.75) is 0 Å². The summed E-state index contributed by atoms with van der Waals surface area (Å²) in [5.41, 5.74) is -0.592. The number of oxime groups is 1. The first kappa shape index (κ1) is 10.8. The van der Waals surface area contributed by atoms with Crippen LogP contribution in [0, 0.1) is 10.1 Å². The molecule has 0 amide bonds. The lowest BCUT2D eigenvalue weighted by atomic mass is 10.1. The molecule has 7 heteroatoms. The van der Waals surface area contributed by atoms with Crippen LogP contribution in [0.1, 0.15) is 10.4 Å². The molecule has 1 aromatic carbocycles. The van der Waals surface area contributed by atoms with Gasteiger partial charge < -0.3 is 5.21 Å². The Morgan fingerprint density at radius 1 is 1.53 bits per heavy atom. The van der Waals surface area contributed by atoms with Gasteiger partial charge in [0, 0.05) is 17.7 Å². The molecule has 0 bridgehead atoms. The molecule has 0 unspecified atom stereocenters. The first-order valence-corrected chi connectivity index (χ1v) is 3.73.